The zero-order valence-electron chi connectivity index (χ0n) is 46.4. The van der Waals surface area contributed by atoms with Crippen molar-refractivity contribution in [2.75, 3.05) is 65.9 Å². The second-order valence-electron chi connectivity index (χ2n) is 20.4. The number of hydrogen-bond acceptors (Lipinski definition) is 14. The molecule has 11 rings (SSSR count). The quantitative estimate of drug-likeness (QED) is 0.0194. The highest BCUT2D eigenvalue weighted by molar-refractivity contribution is 8.01. The first-order chi connectivity index (χ1) is 40.0. The highest BCUT2D eigenvalue weighted by Crippen LogP contribution is 2.42. The minimum atomic E-state index is -1.16. The van der Waals surface area contributed by atoms with Crippen LogP contribution in [0.5, 0.6) is 0 Å². The van der Waals surface area contributed by atoms with Crippen LogP contribution in [0.4, 0.5) is 17.1 Å². The van der Waals surface area contributed by atoms with Crippen molar-refractivity contribution in [2.45, 2.75) is 82.5 Å². The van der Waals surface area contributed by atoms with Crippen LogP contribution in [0, 0.1) is 0 Å². The van der Waals surface area contributed by atoms with E-state index in [1.807, 2.05) is 48.5 Å². The first-order valence-corrected chi connectivity index (χ1v) is 31.9. The lowest BCUT2D eigenvalue weighted by Gasteiger charge is -2.49. The van der Waals surface area contributed by atoms with Gasteiger partial charge >= 0.3 is 5.97 Å². The molecule has 2 atom stereocenters. The van der Waals surface area contributed by atoms with Gasteiger partial charge in [0, 0.05) is 107 Å². The molecule has 5 aromatic carbocycles. The van der Waals surface area contributed by atoms with Gasteiger partial charge in [0.1, 0.15) is 17.1 Å². The van der Waals surface area contributed by atoms with Crippen molar-refractivity contribution in [1.82, 2.24) is 20.2 Å². The Hall–Kier alpha value is -7.38. The number of aliphatic carboxylic acids is 1. The van der Waals surface area contributed by atoms with Crippen LogP contribution in [0.25, 0.3) is 63.1 Å². The minimum absolute atomic E-state index is 0.0120. The molecule has 4 aliphatic heterocycles. The van der Waals surface area contributed by atoms with Gasteiger partial charge in [0.2, 0.25) is 11.8 Å². The SMILES string of the molecule is CCN(CC)c1ccc2nc3c4ccccc4c(=NCCCCC(=O)Nc4ccc(SCC5=C(C(=O)O)N6C(=O)[C@@H](NC(=O)CCCCN=c7cc8sc9cc(N(CC)CC)ccc9nc-8c8ccccc78)[C@H]6SC5)cc4)cc-3sc2c1. The van der Waals surface area contributed by atoms with E-state index in [4.69, 9.17) is 20.0 Å². The number of anilines is 3. The summed E-state index contributed by atoms with van der Waals surface area (Å²) in [5.74, 6) is -1.11. The molecule has 0 saturated carbocycles. The molecule has 1 fully saturated rings. The van der Waals surface area contributed by atoms with Gasteiger partial charge in [-0.2, -0.15) is 0 Å². The largest absolute Gasteiger partial charge is 0.477 e. The van der Waals surface area contributed by atoms with Gasteiger partial charge in [0.15, 0.2) is 0 Å². The molecule has 1 saturated heterocycles. The van der Waals surface area contributed by atoms with Crippen LogP contribution in [0.2, 0.25) is 0 Å². The number of carboxylic acids is 1. The van der Waals surface area contributed by atoms with Gasteiger partial charge in [-0.3, -0.25) is 29.3 Å². The van der Waals surface area contributed by atoms with E-state index in [9.17, 15) is 24.3 Å². The number of thioether (sulfide) groups is 2. The maximum absolute atomic E-state index is 13.5. The summed E-state index contributed by atoms with van der Waals surface area (Å²) in [4.78, 5) is 81.7. The number of amides is 3. The van der Waals surface area contributed by atoms with Crippen molar-refractivity contribution in [3.63, 3.8) is 0 Å². The Balaban J connectivity index is 0.641. The molecule has 3 amide bonds. The molecular formula is C64H65N9O5S4. The number of carbonyl (C=O) groups excluding carboxylic acids is 3. The number of nitrogens with zero attached hydrogens (tertiary/aromatic N) is 7. The number of β-lactam (4-membered cyclic amide) rings is 1. The van der Waals surface area contributed by atoms with Crippen LogP contribution in [0.3, 0.4) is 0 Å². The highest BCUT2D eigenvalue weighted by Gasteiger charge is 2.54. The van der Waals surface area contributed by atoms with Crippen molar-refractivity contribution >= 4 is 129 Å². The Kier molecular flexibility index (Phi) is 17.5. The third kappa shape index (κ3) is 11.9. The molecule has 82 heavy (non-hydrogen) atoms. The van der Waals surface area contributed by atoms with Crippen molar-refractivity contribution < 1.29 is 24.3 Å². The van der Waals surface area contributed by atoms with E-state index in [2.05, 4.69) is 121 Å². The van der Waals surface area contributed by atoms with Crippen molar-refractivity contribution in [3.8, 4) is 21.1 Å². The molecule has 6 aliphatic rings. The van der Waals surface area contributed by atoms with E-state index >= 15 is 0 Å². The van der Waals surface area contributed by atoms with Crippen molar-refractivity contribution in [3.05, 3.63) is 143 Å². The number of unbranched alkanes of at least 4 members (excludes halogenated alkanes) is 2. The minimum Gasteiger partial charge on any atom is -0.477 e. The number of fused-ring (bicyclic) bond motifs is 9. The maximum Gasteiger partial charge on any atom is 0.352 e. The average molecular weight is 1170 g/mol. The van der Waals surface area contributed by atoms with Crippen LogP contribution in [-0.2, 0) is 19.2 Å². The molecule has 4 heterocycles. The highest BCUT2D eigenvalue weighted by atomic mass is 32.2. The van der Waals surface area contributed by atoms with E-state index in [0.29, 0.717) is 61.5 Å². The van der Waals surface area contributed by atoms with Gasteiger partial charge in [-0.25, -0.2) is 14.8 Å². The number of carboxylic acid groups (broad SMARTS) is 1. The summed E-state index contributed by atoms with van der Waals surface area (Å²) in [6.45, 7) is 13.5. The predicted molar refractivity (Wildman–Crippen MR) is 339 cm³/mol. The molecule has 0 unspecified atom stereocenters. The number of nitrogens with one attached hydrogen (secondary N) is 2. The van der Waals surface area contributed by atoms with Crippen LogP contribution in [-0.4, -0.2) is 106 Å². The molecule has 18 heteroatoms. The Morgan fingerprint density at radius 1 is 0.659 bits per heavy atom. The third-order valence-corrected chi connectivity index (χ3v) is 19.9. The molecular weight excluding hydrogens is 1100 g/mol. The normalized spacial score (nSPS) is 15.7. The second kappa shape index (κ2) is 25.4. The van der Waals surface area contributed by atoms with Crippen LogP contribution < -0.4 is 31.1 Å². The maximum atomic E-state index is 13.5. The van der Waals surface area contributed by atoms with E-state index < -0.39 is 23.3 Å². The van der Waals surface area contributed by atoms with E-state index in [0.717, 1.165) is 111 Å². The smallest absolute Gasteiger partial charge is 0.352 e. The van der Waals surface area contributed by atoms with Crippen LogP contribution >= 0.6 is 46.2 Å². The fourth-order valence-electron chi connectivity index (χ4n) is 10.9. The zero-order valence-corrected chi connectivity index (χ0v) is 49.7. The van der Waals surface area contributed by atoms with Gasteiger partial charge in [0.05, 0.1) is 52.3 Å². The molecule has 0 spiro atoms. The van der Waals surface area contributed by atoms with Gasteiger partial charge in [-0.15, -0.1) is 46.2 Å². The first-order valence-electron chi connectivity index (χ1n) is 28.3. The Labute approximate surface area is 493 Å². The van der Waals surface area contributed by atoms with E-state index in [1.165, 1.54) is 39.8 Å². The second-order valence-corrected chi connectivity index (χ2v) is 24.7. The lowest BCUT2D eigenvalue weighted by atomic mass is 10.0. The van der Waals surface area contributed by atoms with Crippen LogP contribution in [0.1, 0.15) is 66.2 Å². The summed E-state index contributed by atoms with van der Waals surface area (Å²) >= 11 is 6.41. The average Bonchev–Trinajstić information content (AvgIpc) is 3.15. The molecule has 14 nitrogen and oxygen atoms in total. The van der Waals surface area contributed by atoms with Gasteiger partial charge in [0.25, 0.3) is 5.91 Å². The first kappa shape index (κ1) is 56.5. The number of benzene rings is 7. The fourth-order valence-corrected chi connectivity index (χ4v) is 15.4. The summed E-state index contributed by atoms with van der Waals surface area (Å²) in [6.07, 6.45) is 3.29. The lowest BCUT2D eigenvalue weighted by molar-refractivity contribution is -0.150. The van der Waals surface area contributed by atoms with E-state index in [1.54, 1.807) is 22.7 Å². The van der Waals surface area contributed by atoms with Crippen molar-refractivity contribution in [2.24, 2.45) is 9.98 Å². The Bertz CT molecular complexity index is 4000. The Morgan fingerprint density at radius 2 is 1.17 bits per heavy atom. The third-order valence-electron chi connectivity index (χ3n) is 15.3. The molecule has 5 aromatic rings. The Morgan fingerprint density at radius 3 is 1.68 bits per heavy atom. The summed E-state index contributed by atoms with van der Waals surface area (Å²) < 4.78 is 2.26. The number of rotatable bonds is 22. The number of aromatic nitrogens is 2. The summed E-state index contributed by atoms with van der Waals surface area (Å²) in [6, 6.07) is 40.5. The summed E-state index contributed by atoms with van der Waals surface area (Å²) in [5, 5.41) is 21.8. The molecule has 0 bridgehead atoms. The topological polar surface area (TPSA) is 173 Å². The summed E-state index contributed by atoms with van der Waals surface area (Å²) in [7, 11) is 0. The lowest BCUT2D eigenvalue weighted by Crippen LogP contribution is -2.70. The zero-order chi connectivity index (χ0) is 56.9. The predicted octanol–water partition coefficient (Wildman–Crippen LogP) is 12.4. The molecule has 3 N–H and O–H groups in total. The molecule has 0 aromatic heterocycles. The van der Waals surface area contributed by atoms with Crippen molar-refractivity contribution in [1.29, 1.82) is 0 Å². The molecule has 2 aliphatic carbocycles. The molecule has 0 radical (unpaired) electrons. The standard InChI is InChI=1S/C64H65N9O5S4/c1-5-71(6-2)41-25-29-48-52(33-41)81-54-35-50(44-17-9-11-19-46(44)58(54)68-48)65-31-15-13-21-56(74)67-40-23-27-43(28-24-40)79-37-39-38-80-63-60(62(76)73(63)61(39)64(77)78)70-57(75)22-14-16-32-66-51-36-55-59(47-20-12-10-18-45(47)51)69-49-30-26-42(34-53(49)82-55)72(7-3)8-4/h9-12,17-20,23-30,33-36,60,63H,5-8,13-16,21-22,31-32,37-38H2,1-4H3,(H,67,74)(H,70,75)(H,77,78)/t60-,63-/m1/s1. The fraction of sp³-hybridized carbons (Fsp3) is 0.312. The van der Waals surface area contributed by atoms with Gasteiger partial charge in [-0.05, 0) is 132 Å². The number of carbonyl (C=O) groups is 4. The number of hydrogen-bond donors (Lipinski definition) is 3. The van der Waals surface area contributed by atoms with Crippen LogP contribution in [0.15, 0.2) is 147 Å². The monoisotopic (exact) mass is 1170 g/mol. The summed E-state index contributed by atoms with van der Waals surface area (Å²) in [5.41, 5.74) is 7.59. The van der Waals surface area contributed by atoms with Gasteiger partial charge in [-0.1, -0.05) is 48.5 Å². The molecule has 420 valence electrons. The van der Waals surface area contributed by atoms with E-state index in [-0.39, 0.29) is 23.9 Å². The van der Waals surface area contributed by atoms with Gasteiger partial charge < -0.3 is 25.5 Å².